The van der Waals surface area contributed by atoms with E-state index in [0.717, 1.165) is 41.1 Å². The number of fused-ring (bicyclic) bond motifs is 3. The molecule has 1 aliphatic heterocycles. The highest BCUT2D eigenvalue weighted by atomic mass is 35.5. The summed E-state index contributed by atoms with van der Waals surface area (Å²) < 4.78 is 2.07. The average molecular weight is 357 g/mol. The van der Waals surface area contributed by atoms with Gasteiger partial charge in [-0.3, -0.25) is 4.79 Å². The Morgan fingerprint density at radius 1 is 1.40 bits per heavy atom. The second kappa shape index (κ2) is 6.56. The topological polar surface area (TPSA) is 53.9 Å². The van der Waals surface area contributed by atoms with Crippen molar-refractivity contribution in [3.63, 3.8) is 0 Å². The number of nitrogens with one attached hydrogen (secondary N) is 1. The van der Waals surface area contributed by atoms with E-state index in [4.69, 9.17) is 11.6 Å². The van der Waals surface area contributed by atoms with E-state index in [-0.39, 0.29) is 5.91 Å². The van der Waals surface area contributed by atoms with Crippen molar-refractivity contribution in [1.29, 1.82) is 0 Å². The molecule has 0 saturated heterocycles. The van der Waals surface area contributed by atoms with E-state index in [9.17, 15) is 4.79 Å². The minimum atomic E-state index is 0.192. The molecule has 1 aromatic carbocycles. The Kier molecular flexibility index (Phi) is 4.25. The van der Waals surface area contributed by atoms with Crippen molar-refractivity contribution in [3.8, 4) is 0 Å². The van der Waals surface area contributed by atoms with Gasteiger partial charge >= 0.3 is 0 Å². The molecule has 1 aliphatic rings. The van der Waals surface area contributed by atoms with Crippen molar-refractivity contribution in [2.75, 3.05) is 6.54 Å². The van der Waals surface area contributed by atoms with Crippen LogP contribution in [0.2, 0.25) is 5.02 Å². The summed E-state index contributed by atoms with van der Waals surface area (Å²) in [4.78, 5) is 22.4. The van der Waals surface area contributed by atoms with Gasteiger partial charge in [-0.25, -0.2) is 4.98 Å². The molecule has 3 heterocycles. The number of aryl methyl sites for hydroxylation is 2. The number of halogens is 1. The fraction of sp³-hybridized carbons (Fsp3) is 0.368. The standard InChI is InChI=1S/C19H21ClN4O/c1-2-18-21-7-10-23(18)9-6-19(25)24-8-5-17-15(12-24)14-11-13(20)3-4-16(14)22-17/h3-4,7,10-11,22H,2,5-6,8-9,12H2,1H3. The van der Waals surface area contributed by atoms with Crippen LogP contribution in [0, 0.1) is 0 Å². The Labute approximate surface area is 151 Å². The minimum absolute atomic E-state index is 0.192. The molecular weight excluding hydrogens is 336 g/mol. The number of amides is 1. The molecule has 0 aliphatic carbocycles. The first-order chi connectivity index (χ1) is 12.2. The summed E-state index contributed by atoms with van der Waals surface area (Å²) >= 11 is 6.15. The molecular formula is C19H21ClN4O. The summed E-state index contributed by atoms with van der Waals surface area (Å²) in [7, 11) is 0. The number of nitrogens with zero attached hydrogens (tertiary/aromatic N) is 3. The van der Waals surface area contributed by atoms with Crippen molar-refractivity contribution in [2.45, 2.75) is 39.3 Å². The van der Waals surface area contributed by atoms with Gasteiger partial charge in [-0.05, 0) is 18.2 Å². The number of benzene rings is 1. The van der Waals surface area contributed by atoms with Crippen LogP contribution in [0.5, 0.6) is 0 Å². The summed E-state index contributed by atoms with van der Waals surface area (Å²) in [6.07, 6.45) is 5.99. The van der Waals surface area contributed by atoms with Gasteiger partial charge < -0.3 is 14.5 Å². The van der Waals surface area contributed by atoms with Gasteiger partial charge in [0.2, 0.25) is 5.91 Å². The minimum Gasteiger partial charge on any atom is -0.358 e. The Bertz CT molecular complexity index is 927. The van der Waals surface area contributed by atoms with E-state index < -0.39 is 0 Å². The first kappa shape index (κ1) is 16.2. The summed E-state index contributed by atoms with van der Waals surface area (Å²) in [5.74, 6) is 1.22. The number of aromatic nitrogens is 3. The zero-order valence-corrected chi connectivity index (χ0v) is 15.0. The molecule has 5 nitrogen and oxygen atoms in total. The van der Waals surface area contributed by atoms with Crippen molar-refractivity contribution < 1.29 is 4.79 Å². The zero-order chi connectivity index (χ0) is 17.4. The Balaban J connectivity index is 1.49. The molecule has 130 valence electrons. The molecule has 0 atom stereocenters. The van der Waals surface area contributed by atoms with E-state index in [1.54, 1.807) is 6.20 Å². The van der Waals surface area contributed by atoms with Crippen LogP contribution in [0.15, 0.2) is 30.6 Å². The van der Waals surface area contributed by atoms with Crippen LogP contribution in [0.25, 0.3) is 10.9 Å². The van der Waals surface area contributed by atoms with Gasteiger partial charge in [0.05, 0.1) is 0 Å². The summed E-state index contributed by atoms with van der Waals surface area (Å²) in [5.41, 5.74) is 3.52. The van der Waals surface area contributed by atoms with Gasteiger partial charge in [0.15, 0.2) is 0 Å². The molecule has 0 spiro atoms. The monoisotopic (exact) mass is 356 g/mol. The third-order valence-electron chi connectivity index (χ3n) is 4.97. The largest absolute Gasteiger partial charge is 0.358 e. The first-order valence-electron chi connectivity index (χ1n) is 8.72. The molecule has 4 rings (SSSR count). The quantitative estimate of drug-likeness (QED) is 0.777. The average Bonchev–Trinajstić information content (AvgIpc) is 3.22. The molecule has 25 heavy (non-hydrogen) atoms. The number of carbonyl (C=O) groups is 1. The molecule has 0 bridgehead atoms. The number of carbonyl (C=O) groups excluding carboxylic acids is 1. The van der Waals surface area contributed by atoms with Crippen LogP contribution in [0.3, 0.4) is 0 Å². The van der Waals surface area contributed by atoms with Gasteiger partial charge in [0.1, 0.15) is 5.82 Å². The van der Waals surface area contributed by atoms with Crippen molar-refractivity contribution in [2.24, 2.45) is 0 Å². The summed E-state index contributed by atoms with van der Waals surface area (Å²) in [6, 6.07) is 5.89. The molecule has 0 radical (unpaired) electrons. The van der Waals surface area contributed by atoms with Crippen molar-refractivity contribution in [3.05, 3.63) is 52.7 Å². The number of rotatable bonds is 4. The Hall–Kier alpha value is -2.27. The van der Waals surface area contributed by atoms with Crippen LogP contribution >= 0.6 is 11.6 Å². The molecule has 0 fully saturated rings. The van der Waals surface area contributed by atoms with Crippen molar-refractivity contribution in [1.82, 2.24) is 19.4 Å². The smallest absolute Gasteiger partial charge is 0.224 e. The predicted octanol–water partition coefficient (Wildman–Crippen LogP) is 3.56. The second-order valence-corrected chi connectivity index (χ2v) is 6.91. The van der Waals surface area contributed by atoms with E-state index in [2.05, 4.69) is 21.5 Å². The van der Waals surface area contributed by atoms with Crippen LogP contribution in [-0.2, 0) is 30.7 Å². The molecule has 1 N–H and O–H groups in total. The molecule has 2 aromatic heterocycles. The predicted molar refractivity (Wildman–Crippen MR) is 98.7 cm³/mol. The van der Waals surface area contributed by atoms with Gasteiger partial charge in [-0.15, -0.1) is 0 Å². The molecule has 0 unspecified atom stereocenters. The second-order valence-electron chi connectivity index (χ2n) is 6.48. The lowest BCUT2D eigenvalue weighted by molar-refractivity contribution is -0.132. The maximum atomic E-state index is 12.7. The third-order valence-corrected chi connectivity index (χ3v) is 5.21. The van der Waals surface area contributed by atoms with E-state index >= 15 is 0 Å². The lowest BCUT2D eigenvalue weighted by Gasteiger charge is -2.27. The van der Waals surface area contributed by atoms with Gasteiger partial charge in [-0.1, -0.05) is 18.5 Å². The molecule has 3 aromatic rings. The Morgan fingerprint density at radius 3 is 3.12 bits per heavy atom. The zero-order valence-electron chi connectivity index (χ0n) is 14.3. The normalized spacial score (nSPS) is 14.1. The number of aromatic amines is 1. The van der Waals surface area contributed by atoms with Crippen LogP contribution < -0.4 is 0 Å². The number of hydrogen-bond donors (Lipinski definition) is 1. The molecule has 0 saturated carbocycles. The summed E-state index contributed by atoms with van der Waals surface area (Å²) in [5, 5.41) is 1.85. The maximum Gasteiger partial charge on any atom is 0.224 e. The SMILES string of the molecule is CCc1nccn1CCC(=O)N1CCc2[nH]c3ccc(Cl)cc3c2C1. The van der Waals surface area contributed by atoms with E-state index in [0.29, 0.717) is 19.5 Å². The lowest BCUT2D eigenvalue weighted by Crippen LogP contribution is -2.36. The number of hydrogen-bond acceptors (Lipinski definition) is 2. The maximum absolute atomic E-state index is 12.7. The number of imidazole rings is 1. The fourth-order valence-corrected chi connectivity index (χ4v) is 3.80. The highest BCUT2D eigenvalue weighted by molar-refractivity contribution is 6.31. The van der Waals surface area contributed by atoms with Gasteiger partial charge in [0.25, 0.3) is 0 Å². The highest BCUT2D eigenvalue weighted by Gasteiger charge is 2.24. The number of H-pyrrole nitrogens is 1. The third kappa shape index (κ3) is 3.04. The molecule has 1 amide bonds. The van der Waals surface area contributed by atoms with Gasteiger partial charge in [0, 0.05) is 78.5 Å². The van der Waals surface area contributed by atoms with Crippen LogP contribution in [0.4, 0.5) is 0 Å². The van der Waals surface area contributed by atoms with Crippen LogP contribution in [-0.4, -0.2) is 31.9 Å². The molecule has 6 heteroatoms. The highest BCUT2D eigenvalue weighted by Crippen LogP contribution is 2.30. The van der Waals surface area contributed by atoms with E-state index in [1.807, 2.05) is 29.3 Å². The Morgan fingerprint density at radius 2 is 2.28 bits per heavy atom. The van der Waals surface area contributed by atoms with Gasteiger partial charge in [-0.2, -0.15) is 0 Å². The van der Waals surface area contributed by atoms with Crippen molar-refractivity contribution >= 4 is 28.4 Å². The van der Waals surface area contributed by atoms with E-state index in [1.165, 1.54) is 11.3 Å². The fourth-order valence-electron chi connectivity index (χ4n) is 3.63. The lowest BCUT2D eigenvalue weighted by atomic mass is 10.0. The first-order valence-corrected chi connectivity index (χ1v) is 9.10. The summed E-state index contributed by atoms with van der Waals surface area (Å²) in [6.45, 7) is 4.18. The van der Waals surface area contributed by atoms with Crippen LogP contribution in [0.1, 0.15) is 30.4 Å².